The minimum Gasteiger partial charge on any atom is -0.290 e. The van der Waals surface area contributed by atoms with Crippen LogP contribution < -0.4 is 9.11 Å². The quantitative estimate of drug-likeness (QED) is 0.159. The molecule has 1 saturated heterocycles. The van der Waals surface area contributed by atoms with Crippen molar-refractivity contribution >= 4 is 34.6 Å². The first-order valence-corrected chi connectivity index (χ1v) is 20.5. The highest BCUT2D eigenvalue weighted by atomic mass is 31.2. The molecule has 272 valence electrons. The minimum absolute atomic E-state index is 0.0608. The molecule has 6 aromatic carbocycles. The molecule has 5 heteroatoms. The van der Waals surface area contributed by atoms with Gasteiger partial charge in [0.25, 0.3) is 5.65 Å². The maximum atomic E-state index is 14.9. The van der Waals surface area contributed by atoms with Crippen LogP contribution in [0.2, 0.25) is 0 Å². The number of anilines is 2. The fourth-order valence-corrected chi connectivity index (χ4v) is 11.6. The molecule has 54 heavy (non-hydrogen) atoms. The molecule has 2 radical (unpaired) electrons. The highest BCUT2D eigenvalue weighted by Gasteiger charge is 2.38. The lowest BCUT2D eigenvalue weighted by Crippen LogP contribution is -2.15. The number of benzene rings is 6. The molecule has 0 spiro atoms. The van der Waals surface area contributed by atoms with Gasteiger partial charge in [-0.15, -0.1) is 0 Å². The summed E-state index contributed by atoms with van der Waals surface area (Å²) in [6, 6.07) is 31.4. The molecule has 0 N–H and O–H groups in total. The molecule has 1 fully saturated rings. The van der Waals surface area contributed by atoms with Crippen molar-refractivity contribution in [3.05, 3.63) is 152 Å². The summed E-state index contributed by atoms with van der Waals surface area (Å²) in [6.07, 6.45) is 0. The van der Waals surface area contributed by atoms with Crippen LogP contribution >= 0.6 is 17.6 Å². The van der Waals surface area contributed by atoms with Crippen molar-refractivity contribution in [3.8, 4) is 44.5 Å². The summed E-state index contributed by atoms with van der Waals surface area (Å²) in [4.78, 5) is 14.9. The molecule has 1 heterocycles. The molecule has 0 aromatic heterocycles. The van der Waals surface area contributed by atoms with E-state index in [2.05, 4.69) is 172 Å². The fourth-order valence-electron chi connectivity index (χ4n) is 9.26. The molecule has 0 unspecified atom stereocenters. The molecule has 7 rings (SSSR count). The monoisotopic (exact) mass is 744 g/mol. The molecule has 0 atom stereocenters. The third kappa shape index (κ3) is 6.72. The topological polar surface area (TPSA) is 23.6 Å². The van der Waals surface area contributed by atoms with Gasteiger partial charge in [0, 0.05) is 22.3 Å². The average molecular weight is 745 g/mol. The summed E-state index contributed by atoms with van der Waals surface area (Å²) in [5.41, 5.74) is 26.2. The second-order valence-corrected chi connectivity index (χ2v) is 17.8. The van der Waals surface area contributed by atoms with Crippen LogP contribution in [-0.4, -0.2) is 5.65 Å². The van der Waals surface area contributed by atoms with Crippen molar-refractivity contribution in [2.45, 2.75) is 83.1 Å². The van der Waals surface area contributed by atoms with E-state index in [9.17, 15) is 4.79 Å². The first kappa shape index (κ1) is 37.8. The van der Waals surface area contributed by atoms with Crippen LogP contribution in [0.3, 0.4) is 0 Å². The first-order valence-electron chi connectivity index (χ1n) is 18.8. The number of hydrogen-bond acceptors (Lipinski definition) is 2. The Bertz CT molecular complexity index is 2270. The molecule has 0 aliphatic carbocycles. The van der Waals surface area contributed by atoms with Crippen molar-refractivity contribution in [3.63, 3.8) is 0 Å². The molecular weight excluding hydrogens is 694 g/mol. The van der Waals surface area contributed by atoms with Gasteiger partial charge < -0.3 is 0 Å². The van der Waals surface area contributed by atoms with Gasteiger partial charge in [-0.1, -0.05) is 107 Å². The largest absolute Gasteiger partial charge is 0.290 e. The lowest BCUT2D eigenvalue weighted by atomic mass is 9.87. The molecule has 0 bridgehead atoms. The maximum Gasteiger partial charge on any atom is 0.281 e. The number of carbonyl (C=O) groups excluding carboxylic acids is 1. The van der Waals surface area contributed by atoms with Gasteiger partial charge in [0.05, 0.1) is 11.4 Å². The summed E-state index contributed by atoms with van der Waals surface area (Å²) in [5, 5.41) is 0. The van der Waals surface area contributed by atoms with Crippen molar-refractivity contribution in [1.82, 2.24) is 0 Å². The van der Waals surface area contributed by atoms with E-state index in [1.165, 1.54) is 89.0 Å². The zero-order valence-corrected chi connectivity index (χ0v) is 35.6. The Balaban J connectivity index is 1.50. The number of nitrogens with zero attached hydrogens (tertiary/aromatic N) is 2. The Morgan fingerprint density at radius 3 is 0.926 bits per heavy atom. The minimum atomic E-state index is 0.0608. The normalized spacial score (nSPS) is 13.9. The average Bonchev–Trinajstić information content (AvgIpc) is 3.43. The standard InChI is InChI=1S/C49H50N2OP2/c1-27-19-31(5)43(32(6)20-27)39-15-13-16-40(44-33(7)21-28(2)22-34(44)8)47(39)50-49(52)53-51(54-50)48-41(45-35(9)23-29(3)24-36(45)10)17-14-18-42(48)46-37(11)25-30(4)26-38(46)12/h13-26H,1-12H3. The van der Waals surface area contributed by atoms with E-state index in [-0.39, 0.29) is 5.65 Å². The molecule has 3 nitrogen and oxygen atoms in total. The summed E-state index contributed by atoms with van der Waals surface area (Å²) in [7, 11) is 1.41. The van der Waals surface area contributed by atoms with Crippen LogP contribution in [0.4, 0.5) is 16.2 Å². The van der Waals surface area contributed by atoms with Gasteiger partial charge in [-0.2, -0.15) is 0 Å². The highest BCUT2D eigenvalue weighted by Crippen LogP contribution is 2.60. The molecule has 1 aliphatic rings. The fraction of sp³-hybridized carbons (Fsp3) is 0.245. The number of aryl methyl sites for hydroxylation is 12. The smallest absolute Gasteiger partial charge is 0.281 e. The van der Waals surface area contributed by atoms with E-state index in [0.717, 1.165) is 42.5 Å². The van der Waals surface area contributed by atoms with E-state index < -0.39 is 0 Å². The lowest BCUT2D eigenvalue weighted by Gasteiger charge is -2.28. The van der Waals surface area contributed by atoms with Crippen LogP contribution in [0.15, 0.2) is 84.9 Å². The van der Waals surface area contributed by atoms with E-state index >= 15 is 0 Å². The Hall–Kier alpha value is -4.55. The molecule has 1 amide bonds. The number of rotatable bonds is 6. The molecule has 1 aliphatic heterocycles. The van der Waals surface area contributed by atoms with Crippen molar-refractivity contribution < 1.29 is 4.79 Å². The number of para-hydroxylation sites is 2. The van der Waals surface area contributed by atoms with Crippen molar-refractivity contribution in [2.24, 2.45) is 0 Å². The van der Waals surface area contributed by atoms with Crippen LogP contribution in [-0.2, 0) is 0 Å². The Kier molecular flexibility index (Phi) is 10.2. The van der Waals surface area contributed by atoms with E-state index in [1.54, 1.807) is 0 Å². The Morgan fingerprint density at radius 2 is 0.648 bits per heavy atom. The van der Waals surface area contributed by atoms with Gasteiger partial charge in [-0.05, 0) is 150 Å². The van der Waals surface area contributed by atoms with Crippen LogP contribution in [0.25, 0.3) is 44.5 Å². The maximum absolute atomic E-state index is 14.9. The van der Waals surface area contributed by atoms with Gasteiger partial charge in [0.15, 0.2) is 8.88 Å². The zero-order chi connectivity index (χ0) is 38.7. The Morgan fingerprint density at radius 1 is 0.389 bits per heavy atom. The van der Waals surface area contributed by atoms with Gasteiger partial charge in [-0.3, -0.25) is 13.9 Å². The van der Waals surface area contributed by atoms with Gasteiger partial charge >= 0.3 is 0 Å². The van der Waals surface area contributed by atoms with Gasteiger partial charge in [-0.25, -0.2) is 0 Å². The second kappa shape index (κ2) is 14.6. The first-order chi connectivity index (χ1) is 25.6. The molecule has 0 saturated carbocycles. The van der Waals surface area contributed by atoms with E-state index in [1.807, 2.05) is 4.67 Å². The Labute approximate surface area is 326 Å². The number of hydrogen-bond donors (Lipinski definition) is 0. The number of amides is 1. The summed E-state index contributed by atoms with van der Waals surface area (Å²) in [6.45, 7) is 26.3. The van der Waals surface area contributed by atoms with Crippen molar-refractivity contribution in [1.29, 1.82) is 0 Å². The highest BCUT2D eigenvalue weighted by molar-refractivity contribution is 7.77. The van der Waals surface area contributed by atoms with Crippen LogP contribution in [0.5, 0.6) is 0 Å². The van der Waals surface area contributed by atoms with Gasteiger partial charge in [0.1, 0.15) is 8.73 Å². The van der Waals surface area contributed by atoms with Gasteiger partial charge in [0.2, 0.25) is 0 Å². The summed E-state index contributed by atoms with van der Waals surface area (Å²) in [5.74, 6) is 0. The second-order valence-electron chi connectivity index (χ2n) is 15.6. The number of carbonyl (C=O) groups is 1. The predicted molar refractivity (Wildman–Crippen MR) is 236 cm³/mol. The van der Waals surface area contributed by atoms with Crippen molar-refractivity contribution in [2.75, 3.05) is 9.11 Å². The SMILES string of the molecule is Cc1cc(C)c(-c2cccc(-c3c(C)cc(C)cc3C)c2N2[P]C(=O)N(c3c(-c4c(C)cc(C)cc4C)cccc3-c3c(C)cc(C)cc3C)[P]2)c(C)c1. The lowest BCUT2D eigenvalue weighted by molar-refractivity contribution is 0.268. The molecule has 6 aromatic rings. The third-order valence-corrected chi connectivity index (χ3v) is 13.2. The van der Waals surface area contributed by atoms with Crippen LogP contribution in [0.1, 0.15) is 66.8 Å². The zero-order valence-electron chi connectivity index (χ0n) is 33.8. The predicted octanol–water partition coefficient (Wildman–Crippen LogP) is 15.1. The summed E-state index contributed by atoms with van der Waals surface area (Å²) < 4.78 is 4.32. The summed E-state index contributed by atoms with van der Waals surface area (Å²) >= 11 is 0. The third-order valence-electron chi connectivity index (χ3n) is 10.8. The van der Waals surface area contributed by atoms with E-state index in [0.29, 0.717) is 8.73 Å². The van der Waals surface area contributed by atoms with E-state index in [4.69, 9.17) is 0 Å². The van der Waals surface area contributed by atoms with Crippen LogP contribution in [0, 0.1) is 83.1 Å². The molecular formula is C49H50N2OP2.